The molecule has 0 spiro atoms. The number of anilines is 2. The number of ether oxygens (including phenoxy) is 1. The smallest absolute Gasteiger partial charge is 0.224 e. The van der Waals surface area contributed by atoms with Gasteiger partial charge in [0.05, 0.1) is 11.6 Å². The molecule has 1 aromatic heterocycles. The minimum Gasteiger partial charge on any atom is -0.497 e. The Morgan fingerprint density at radius 2 is 1.95 bits per heavy atom. The first-order chi connectivity index (χ1) is 9.63. The summed E-state index contributed by atoms with van der Waals surface area (Å²) >= 11 is 3.45. The number of hydrogen-bond donors (Lipinski definition) is 2. The lowest BCUT2D eigenvalue weighted by Gasteiger charge is -2.16. The molecule has 2 N–H and O–H groups in total. The average Bonchev–Trinajstić information content (AvgIpc) is 2.49. The quantitative estimate of drug-likeness (QED) is 0.875. The molecule has 0 bridgehead atoms. The Hall–Kier alpha value is -1.82. The molecule has 1 atom stereocenters. The number of halogens is 1. The number of methoxy groups -OCH3 is 1. The zero-order valence-corrected chi connectivity index (χ0v) is 13.2. The van der Waals surface area contributed by atoms with Gasteiger partial charge in [0.25, 0.3) is 0 Å². The maximum Gasteiger partial charge on any atom is 0.224 e. The highest BCUT2D eigenvalue weighted by molar-refractivity contribution is 9.10. The van der Waals surface area contributed by atoms with Crippen molar-refractivity contribution in [2.45, 2.75) is 13.0 Å². The summed E-state index contributed by atoms with van der Waals surface area (Å²) in [5.41, 5.74) is 1.15. The van der Waals surface area contributed by atoms with Crippen LogP contribution < -0.4 is 15.4 Å². The Morgan fingerprint density at radius 3 is 2.55 bits per heavy atom. The third kappa shape index (κ3) is 3.39. The van der Waals surface area contributed by atoms with Gasteiger partial charge in [-0.2, -0.15) is 4.98 Å². The normalized spacial score (nSPS) is 11.8. The molecular weight excluding hydrogens is 320 g/mol. The van der Waals surface area contributed by atoms with Crippen LogP contribution >= 0.6 is 15.9 Å². The Labute approximate surface area is 126 Å². The van der Waals surface area contributed by atoms with Crippen molar-refractivity contribution in [3.8, 4) is 5.75 Å². The minimum atomic E-state index is 0.122. The van der Waals surface area contributed by atoms with Gasteiger partial charge in [-0.05, 0) is 40.5 Å². The van der Waals surface area contributed by atoms with Crippen molar-refractivity contribution >= 4 is 27.7 Å². The lowest BCUT2D eigenvalue weighted by atomic mass is 10.1. The zero-order chi connectivity index (χ0) is 14.5. The van der Waals surface area contributed by atoms with E-state index < -0.39 is 0 Å². The number of hydrogen-bond acceptors (Lipinski definition) is 5. The first kappa shape index (κ1) is 14.6. The molecule has 0 aliphatic rings. The van der Waals surface area contributed by atoms with Crippen LogP contribution in [-0.2, 0) is 0 Å². The molecule has 0 aliphatic heterocycles. The fourth-order valence-electron chi connectivity index (χ4n) is 1.77. The van der Waals surface area contributed by atoms with E-state index in [-0.39, 0.29) is 6.04 Å². The summed E-state index contributed by atoms with van der Waals surface area (Å²) < 4.78 is 5.99. The first-order valence-electron chi connectivity index (χ1n) is 6.25. The van der Waals surface area contributed by atoms with E-state index >= 15 is 0 Å². The highest BCUT2D eigenvalue weighted by atomic mass is 79.9. The Bertz CT molecular complexity index is 574. The van der Waals surface area contributed by atoms with Gasteiger partial charge in [0.15, 0.2) is 0 Å². The maximum atomic E-state index is 5.16. The molecule has 5 nitrogen and oxygen atoms in total. The molecule has 20 heavy (non-hydrogen) atoms. The summed E-state index contributed by atoms with van der Waals surface area (Å²) in [7, 11) is 3.45. The molecule has 2 aromatic rings. The van der Waals surface area contributed by atoms with Crippen LogP contribution in [-0.4, -0.2) is 24.1 Å². The number of benzene rings is 1. The van der Waals surface area contributed by atoms with Gasteiger partial charge in [-0.25, -0.2) is 4.98 Å². The molecule has 2 rings (SSSR count). The lowest BCUT2D eigenvalue weighted by molar-refractivity contribution is 0.414. The predicted molar refractivity (Wildman–Crippen MR) is 84.3 cm³/mol. The SMILES string of the molecule is CNc1ncc(Br)c(NC(C)c2ccc(OC)cc2)n1. The molecule has 0 saturated carbocycles. The van der Waals surface area contributed by atoms with Crippen molar-refractivity contribution in [3.63, 3.8) is 0 Å². The molecule has 0 aliphatic carbocycles. The monoisotopic (exact) mass is 336 g/mol. The van der Waals surface area contributed by atoms with E-state index in [1.807, 2.05) is 24.3 Å². The highest BCUT2D eigenvalue weighted by Crippen LogP contribution is 2.25. The van der Waals surface area contributed by atoms with E-state index in [4.69, 9.17) is 4.74 Å². The van der Waals surface area contributed by atoms with E-state index in [1.54, 1.807) is 20.4 Å². The van der Waals surface area contributed by atoms with Gasteiger partial charge in [0, 0.05) is 19.3 Å². The van der Waals surface area contributed by atoms with Crippen LogP contribution in [0.25, 0.3) is 0 Å². The van der Waals surface area contributed by atoms with Crippen LogP contribution in [0.3, 0.4) is 0 Å². The Morgan fingerprint density at radius 1 is 1.25 bits per heavy atom. The third-order valence-electron chi connectivity index (χ3n) is 2.94. The molecule has 1 aromatic carbocycles. The lowest BCUT2D eigenvalue weighted by Crippen LogP contribution is -2.10. The number of aromatic nitrogens is 2. The van der Waals surface area contributed by atoms with E-state index in [0.717, 1.165) is 21.6 Å². The van der Waals surface area contributed by atoms with Gasteiger partial charge in [0.2, 0.25) is 5.95 Å². The standard InChI is InChI=1S/C14H17BrN4O/c1-9(10-4-6-11(20-3)7-5-10)18-13-12(15)8-17-14(16-2)19-13/h4-9H,1-3H3,(H2,16,17,18,19). The second-order valence-corrected chi connectivity index (χ2v) is 5.13. The Balaban J connectivity index is 2.15. The van der Waals surface area contributed by atoms with Crippen LogP contribution in [0, 0.1) is 0 Å². The second-order valence-electron chi connectivity index (χ2n) is 4.28. The van der Waals surface area contributed by atoms with Gasteiger partial charge in [-0.3, -0.25) is 0 Å². The number of nitrogens with one attached hydrogen (secondary N) is 2. The van der Waals surface area contributed by atoms with Crippen molar-refractivity contribution in [2.75, 3.05) is 24.8 Å². The molecule has 1 heterocycles. The fraction of sp³-hybridized carbons (Fsp3) is 0.286. The van der Waals surface area contributed by atoms with Gasteiger partial charge in [-0.15, -0.1) is 0 Å². The summed E-state index contributed by atoms with van der Waals surface area (Å²) in [6, 6.07) is 8.08. The van der Waals surface area contributed by atoms with Crippen molar-refractivity contribution in [1.29, 1.82) is 0 Å². The van der Waals surface area contributed by atoms with E-state index in [2.05, 4.69) is 43.5 Å². The molecule has 0 radical (unpaired) electrons. The van der Waals surface area contributed by atoms with Gasteiger partial charge >= 0.3 is 0 Å². The van der Waals surface area contributed by atoms with Gasteiger partial charge in [-0.1, -0.05) is 12.1 Å². The molecule has 106 valence electrons. The van der Waals surface area contributed by atoms with Crippen LogP contribution in [0.5, 0.6) is 5.75 Å². The molecule has 6 heteroatoms. The summed E-state index contributed by atoms with van der Waals surface area (Å²) in [5.74, 6) is 2.19. The fourth-order valence-corrected chi connectivity index (χ4v) is 2.08. The molecule has 0 saturated heterocycles. The van der Waals surface area contributed by atoms with Crippen LogP contribution in [0.1, 0.15) is 18.5 Å². The van der Waals surface area contributed by atoms with Crippen molar-refractivity contribution in [1.82, 2.24) is 9.97 Å². The van der Waals surface area contributed by atoms with E-state index in [0.29, 0.717) is 5.95 Å². The molecule has 0 amide bonds. The molecule has 1 unspecified atom stereocenters. The minimum absolute atomic E-state index is 0.122. The van der Waals surface area contributed by atoms with Gasteiger partial charge < -0.3 is 15.4 Å². The average molecular weight is 337 g/mol. The number of nitrogens with zero attached hydrogens (tertiary/aromatic N) is 2. The van der Waals surface area contributed by atoms with E-state index in [9.17, 15) is 0 Å². The zero-order valence-electron chi connectivity index (χ0n) is 11.6. The van der Waals surface area contributed by atoms with Crippen LogP contribution in [0.15, 0.2) is 34.9 Å². The van der Waals surface area contributed by atoms with Crippen molar-refractivity contribution in [2.24, 2.45) is 0 Å². The first-order valence-corrected chi connectivity index (χ1v) is 7.04. The van der Waals surface area contributed by atoms with Crippen molar-refractivity contribution in [3.05, 3.63) is 40.5 Å². The van der Waals surface area contributed by atoms with Crippen LogP contribution in [0.4, 0.5) is 11.8 Å². The highest BCUT2D eigenvalue weighted by Gasteiger charge is 2.10. The predicted octanol–water partition coefficient (Wildman–Crippen LogP) is 3.46. The third-order valence-corrected chi connectivity index (χ3v) is 3.52. The van der Waals surface area contributed by atoms with Gasteiger partial charge in [0.1, 0.15) is 11.6 Å². The summed E-state index contributed by atoms with van der Waals surface area (Å²) in [6.45, 7) is 2.08. The van der Waals surface area contributed by atoms with E-state index in [1.165, 1.54) is 0 Å². The largest absolute Gasteiger partial charge is 0.497 e. The second kappa shape index (κ2) is 6.56. The topological polar surface area (TPSA) is 59.1 Å². The number of rotatable bonds is 5. The Kier molecular flexibility index (Phi) is 4.79. The summed E-state index contributed by atoms with van der Waals surface area (Å²) in [4.78, 5) is 8.52. The summed E-state index contributed by atoms with van der Waals surface area (Å²) in [6.07, 6.45) is 1.72. The maximum absolute atomic E-state index is 5.16. The van der Waals surface area contributed by atoms with Crippen molar-refractivity contribution < 1.29 is 4.74 Å². The summed E-state index contributed by atoms with van der Waals surface area (Å²) in [5, 5.41) is 6.28. The van der Waals surface area contributed by atoms with Crippen LogP contribution in [0.2, 0.25) is 0 Å². The molecule has 0 fully saturated rings. The molecular formula is C14H17BrN4O.